The summed E-state index contributed by atoms with van der Waals surface area (Å²) in [4.78, 5) is 26.5. The van der Waals surface area contributed by atoms with E-state index >= 15 is 0 Å². The largest absolute Gasteiger partial charge is 0.328 e. The Morgan fingerprint density at radius 2 is 1.81 bits per heavy atom. The smallest absolute Gasteiger partial charge is 0.236 e. The highest BCUT2D eigenvalue weighted by atomic mass is 16.2. The van der Waals surface area contributed by atoms with Gasteiger partial charge in [0, 0.05) is 13.0 Å². The fraction of sp³-hybridized carbons (Fsp3) is 0.529. The van der Waals surface area contributed by atoms with Crippen LogP contribution >= 0.6 is 0 Å². The van der Waals surface area contributed by atoms with E-state index in [9.17, 15) is 9.59 Å². The molecule has 0 aromatic heterocycles. The van der Waals surface area contributed by atoms with Gasteiger partial charge in [0.2, 0.25) is 11.8 Å². The molecule has 1 aliphatic heterocycles. The number of carbonyl (C=O) groups excluding carboxylic acids is 2. The van der Waals surface area contributed by atoms with Crippen molar-refractivity contribution >= 4 is 11.8 Å². The average molecular weight is 288 g/mol. The van der Waals surface area contributed by atoms with E-state index in [2.05, 4.69) is 0 Å². The molecule has 1 aliphatic rings. The first-order valence-corrected chi connectivity index (χ1v) is 7.68. The van der Waals surface area contributed by atoms with Crippen LogP contribution in [0.2, 0.25) is 0 Å². The summed E-state index contributed by atoms with van der Waals surface area (Å²) >= 11 is 0. The maximum atomic E-state index is 12.7. The third-order valence-corrected chi connectivity index (χ3v) is 4.74. The van der Waals surface area contributed by atoms with E-state index in [1.807, 2.05) is 44.2 Å². The van der Waals surface area contributed by atoms with E-state index in [-0.39, 0.29) is 17.9 Å². The van der Waals surface area contributed by atoms with Crippen LogP contribution < -0.4 is 5.73 Å². The molecule has 1 aromatic rings. The summed E-state index contributed by atoms with van der Waals surface area (Å²) in [5.74, 6) is -0.112. The molecule has 1 heterocycles. The lowest BCUT2D eigenvalue weighted by molar-refractivity contribution is -0.144. The minimum atomic E-state index is -0.513. The van der Waals surface area contributed by atoms with Crippen LogP contribution in [-0.2, 0) is 16.0 Å². The number of amides is 2. The van der Waals surface area contributed by atoms with E-state index in [1.54, 1.807) is 0 Å². The highest BCUT2D eigenvalue weighted by Crippen LogP contribution is 2.40. The van der Waals surface area contributed by atoms with E-state index in [0.29, 0.717) is 32.2 Å². The van der Waals surface area contributed by atoms with Crippen LogP contribution in [0.4, 0.5) is 0 Å². The molecular formula is C17H24N2O2. The van der Waals surface area contributed by atoms with Crippen LogP contribution in [0.25, 0.3) is 0 Å². The van der Waals surface area contributed by atoms with Gasteiger partial charge in [0.15, 0.2) is 0 Å². The van der Waals surface area contributed by atoms with Gasteiger partial charge in [0.25, 0.3) is 0 Å². The van der Waals surface area contributed by atoms with Crippen LogP contribution in [0.1, 0.15) is 38.7 Å². The summed E-state index contributed by atoms with van der Waals surface area (Å²) in [7, 11) is 0. The quantitative estimate of drug-likeness (QED) is 0.816. The Labute approximate surface area is 126 Å². The Kier molecular flexibility index (Phi) is 4.78. The first kappa shape index (κ1) is 15.7. The van der Waals surface area contributed by atoms with Crippen LogP contribution in [0.15, 0.2) is 30.3 Å². The predicted octanol–water partition coefficient (Wildman–Crippen LogP) is 2.12. The van der Waals surface area contributed by atoms with Crippen LogP contribution in [0, 0.1) is 5.41 Å². The molecule has 0 spiro atoms. The Balaban J connectivity index is 2.22. The number of likely N-dealkylation sites (tertiary alicyclic amines) is 1. The molecule has 4 heteroatoms. The van der Waals surface area contributed by atoms with Crippen molar-refractivity contribution in [2.45, 2.75) is 45.6 Å². The van der Waals surface area contributed by atoms with E-state index in [0.717, 1.165) is 5.56 Å². The van der Waals surface area contributed by atoms with Crippen molar-refractivity contribution in [2.75, 3.05) is 6.54 Å². The molecular weight excluding hydrogens is 264 g/mol. The number of imide groups is 1. The molecule has 1 fully saturated rings. The van der Waals surface area contributed by atoms with Crippen LogP contribution in [-0.4, -0.2) is 29.3 Å². The number of carbonyl (C=O) groups is 2. The molecule has 2 rings (SSSR count). The molecule has 1 unspecified atom stereocenters. The second-order valence-electron chi connectivity index (χ2n) is 5.81. The van der Waals surface area contributed by atoms with E-state index < -0.39 is 5.41 Å². The number of benzene rings is 1. The predicted molar refractivity (Wildman–Crippen MR) is 82.5 cm³/mol. The van der Waals surface area contributed by atoms with Gasteiger partial charge in [-0.2, -0.15) is 0 Å². The molecule has 114 valence electrons. The van der Waals surface area contributed by atoms with Crippen LogP contribution in [0.3, 0.4) is 0 Å². The second kappa shape index (κ2) is 6.39. The zero-order valence-electron chi connectivity index (χ0n) is 12.8. The molecule has 4 nitrogen and oxygen atoms in total. The SMILES string of the molecule is CCC1(CC)CC(=O)N(C(CN)Cc2ccccc2)C1=O. The molecule has 2 N–H and O–H groups in total. The first-order valence-electron chi connectivity index (χ1n) is 7.68. The van der Waals surface area contributed by atoms with Crippen molar-refractivity contribution in [3.8, 4) is 0 Å². The molecule has 0 saturated carbocycles. The molecule has 1 saturated heterocycles. The molecule has 0 radical (unpaired) electrons. The topological polar surface area (TPSA) is 63.4 Å². The van der Waals surface area contributed by atoms with Crippen LogP contribution in [0.5, 0.6) is 0 Å². The van der Waals surface area contributed by atoms with E-state index in [1.165, 1.54) is 4.90 Å². The molecule has 0 bridgehead atoms. The van der Waals surface area contributed by atoms with Crippen molar-refractivity contribution in [2.24, 2.45) is 11.1 Å². The average Bonchev–Trinajstić information content (AvgIpc) is 2.77. The molecule has 1 aromatic carbocycles. The number of nitrogens with zero attached hydrogens (tertiary/aromatic N) is 1. The summed E-state index contributed by atoms with van der Waals surface area (Å²) in [6, 6.07) is 9.62. The van der Waals surface area contributed by atoms with E-state index in [4.69, 9.17) is 5.73 Å². The Bertz CT molecular complexity index is 509. The second-order valence-corrected chi connectivity index (χ2v) is 5.81. The fourth-order valence-electron chi connectivity index (χ4n) is 3.16. The zero-order chi connectivity index (χ0) is 15.5. The summed E-state index contributed by atoms with van der Waals surface area (Å²) < 4.78 is 0. The lowest BCUT2D eigenvalue weighted by Gasteiger charge is -2.28. The maximum absolute atomic E-state index is 12.7. The zero-order valence-corrected chi connectivity index (χ0v) is 12.8. The van der Waals surface area contributed by atoms with Gasteiger partial charge in [-0.1, -0.05) is 44.2 Å². The summed E-state index contributed by atoms with van der Waals surface area (Å²) in [6.07, 6.45) is 2.35. The van der Waals surface area contributed by atoms with Crippen molar-refractivity contribution in [3.63, 3.8) is 0 Å². The Hall–Kier alpha value is -1.68. The number of hydrogen-bond acceptors (Lipinski definition) is 3. The molecule has 1 atom stereocenters. The first-order chi connectivity index (χ1) is 10.1. The van der Waals surface area contributed by atoms with Gasteiger partial charge >= 0.3 is 0 Å². The number of hydrogen-bond donors (Lipinski definition) is 1. The number of rotatable bonds is 6. The minimum Gasteiger partial charge on any atom is -0.328 e. The minimum absolute atomic E-state index is 0.0381. The lowest BCUT2D eigenvalue weighted by atomic mass is 9.81. The summed E-state index contributed by atoms with van der Waals surface area (Å²) in [6.45, 7) is 4.26. The third-order valence-electron chi connectivity index (χ3n) is 4.74. The van der Waals surface area contributed by atoms with Crippen molar-refractivity contribution in [3.05, 3.63) is 35.9 Å². The third kappa shape index (κ3) is 2.86. The van der Waals surface area contributed by atoms with Crippen molar-refractivity contribution in [1.82, 2.24) is 4.90 Å². The van der Waals surface area contributed by atoms with Crippen molar-refractivity contribution in [1.29, 1.82) is 0 Å². The van der Waals surface area contributed by atoms with Gasteiger partial charge < -0.3 is 5.73 Å². The van der Waals surface area contributed by atoms with Gasteiger partial charge in [-0.05, 0) is 24.8 Å². The van der Waals surface area contributed by atoms with Crippen molar-refractivity contribution < 1.29 is 9.59 Å². The molecule has 0 aliphatic carbocycles. The highest BCUT2D eigenvalue weighted by Gasteiger charge is 2.50. The standard InChI is InChI=1S/C17H24N2O2/c1-3-17(4-2)11-15(20)19(16(17)21)14(12-18)10-13-8-6-5-7-9-13/h5-9,14H,3-4,10-12,18H2,1-2H3. The summed E-state index contributed by atoms with van der Waals surface area (Å²) in [5, 5.41) is 0. The van der Waals surface area contributed by atoms with Gasteiger partial charge in [0.05, 0.1) is 11.5 Å². The monoisotopic (exact) mass is 288 g/mol. The fourth-order valence-corrected chi connectivity index (χ4v) is 3.16. The van der Waals surface area contributed by atoms with Gasteiger partial charge in [-0.15, -0.1) is 0 Å². The highest BCUT2D eigenvalue weighted by molar-refractivity contribution is 6.06. The number of nitrogens with two attached hydrogens (primary N) is 1. The maximum Gasteiger partial charge on any atom is 0.236 e. The molecule has 2 amide bonds. The lowest BCUT2D eigenvalue weighted by Crippen LogP contribution is -2.47. The normalized spacial score (nSPS) is 19.1. The summed E-state index contributed by atoms with van der Waals surface area (Å²) in [5.41, 5.74) is 6.43. The Morgan fingerprint density at radius 1 is 1.19 bits per heavy atom. The van der Waals surface area contributed by atoms with Gasteiger partial charge in [-0.3, -0.25) is 14.5 Å². The van der Waals surface area contributed by atoms with Gasteiger partial charge in [0.1, 0.15) is 0 Å². The molecule has 21 heavy (non-hydrogen) atoms. The Morgan fingerprint density at radius 3 is 2.29 bits per heavy atom. The van der Waals surface area contributed by atoms with Gasteiger partial charge in [-0.25, -0.2) is 0 Å².